The molecular weight excluding hydrogens is 1110 g/mol. The second-order valence-corrected chi connectivity index (χ2v) is 29.2. The van der Waals surface area contributed by atoms with Crippen molar-refractivity contribution in [2.75, 3.05) is 13.2 Å². The number of ether oxygens (including phenoxy) is 1. The summed E-state index contributed by atoms with van der Waals surface area (Å²) >= 11 is 0. The molecule has 1 amide bonds. The SMILES string of the molecule is CCCCCC/C=C\CCCCCCCC(=O)OCCCCCCCCCCCCCCCCCC/C=C\CCCCCCCCCCCCCCCCCCCC(=O)NC(CO)C(O)CCCCCCCCCCCCCCCCCCCCCCCCCC. The number of hydrogen-bond donors (Lipinski definition) is 3. The van der Waals surface area contributed by atoms with Crippen molar-refractivity contribution in [1.82, 2.24) is 5.32 Å². The summed E-state index contributed by atoms with van der Waals surface area (Å²) in [6, 6.07) is -0.540. The Morgan fingerprint density at radius 2 is 0.516 bits per heavy atom. The van der Waals surface area contributed by atoms with Gasteiger partial charge in [-0.05, 0) is 77.0 Å². The predicted molar refractivity (Wildman–Crippen MR) is 403 cm³/mol. The molecule has 0 bridgehead atoms. The van der Waals surface area contributed by atoms with Gasteiger partial charge in [-0.2, -0.15) is 0 Å². The first-order valence-electron chi connectivity index (χ1n) is 42.1. The number of hydrogen-bond acceptors (Lipinski definition) is 5. The zero-order chi connectivity index (χ0) is 65.6. The average molecular weight is 1280 g/mol. The monoisotopic (exact) mass is 1280 g/mol. The van der Waals surface area contributed by atoms with Crippen molar-refractivity contribution in [2.45, 2.75) is 495 Å². The minimum absolute atomic E-state index is 0.0131. The van der Waals surface area contributed by atoms with E-state index in [0.717, 1.165) is 44.9 Å². The van der Waals surface area contributed by atoms with E-state index in [1.54, 1.807) is 0 Å². The Morgan fingerprint density at radius 1 is 0.297 bits per heavy atom. The fourth-order valence-corrected chi connectivity index (χ4v) is 13.6. The van der Waals surface area contributed by atoms with Crippen LogP contribution in [-0.2, 0) is 14.3 Å². The van der Waals surface area contributed by atoms with Gasteiger partial charge in [-0.25, -0.2) is 0 Å². The molecule has 6 heteroatoms. The molecular formula is C85H165NO5. The van der Waals surface area contributed by atoms with Crippen molar-refractivity contribution < 1.29 is 24.5 Å². The van der Waals surface area contributed by atoms with Crippen LogP contribution < -0.4 is 5.32 Å². The van der Waals surface area contributed by atoms with Crippen LogP contribution in [0.2, 0.25) is 0 Å². The molecule has 0 spiro atoms. The lowest BCUT2D eigenvalue weighted by atomic mass is 10.0. The molecule has 91 heavy (non-hydrogen) atoms. The quantitative estimate of drug-likeness (QED) is 0.0320. The molecule has 0 aliphatic carbocycles. The molecule has 3 N–H and O–H groups in total. The molecule has 0 aromatic carbocycles. The van der Waals surface area contributed by atoms with Gasteiger partial charge in [-0.1, -0.05) is 417 Å². The van der Waals surface area contributed by atoms with Crippen molar-refractivity contribution in [3.8, 4) is 0 Å². The van der Waals surface area contributed by atoms with E-state index in [4.69, 9.17) is 4.74 Å². The Hall–Kier alpha value is -1.66. The van der Waals surface area contributed by atoms with Crippen LogP contribution >= 0.6 is 0 Å². The Labute approximate surface area is 571 Å². The molecule has 0 saturated carbocycles. The van der Waals surface area contributed by atoms with Gasteiger partial charge in [-0.3, -0.25) is 9.59 Å². The molecule has 540 valence electrons. The number of carbonyl (C=O) groups is 2. The summed E-state index contributed by atoms with van der Waals surface area (Å²) in [6.07, 6.45) is 104. The largest absolute Gasteiger partial charge is 0.466 e. The number of allylic oxidation sites excluding steroid dienone is 4. The van der Waals surface area contributed by atoms with Crippen LogP contribution in [-0.4, -0.2) is 47.4 Å². The van der Waals surface area contributed by atoms with Gasteiger partial charge in [0.05, 0.1) is 25.4 Å². The molecule has 0 radical (unpaired) electrons. The normalized spacial score (nSPS) is 12.5. The first-order valence-corrected chi connectivity index (χ1v) is 42.1. The van der Waals surface area contributed by atoms with E-state index in [1.165, 1.54) is 405 Å². The highest BCUT2D eigenvalue weighted by atomic mass is 16.5. The highest BCUT2D eigenvalue weighted by Gasteiger charge is 2.20. The van der Waals surface area contributed by atoms with Gasteiger partial charge >= 0.3 is 5.97 Å². The molecule has 0 saturated heterocycles. The van der Waals surface area contributed by atoms with Crippen molar-refractivity contribution in [3.05, 3.63) is 24.3 Å². The second-order valence-electron chi connectivity index (χ2n) is 29.2. The summed E-state index contributed by atoms with van der Waals surface area (Å²) in [6.45, 7) is 4.99. The highest BCUT2D eigenvalue weighted by molar-refractivity contribution is 5.76. The van der Waals surface area contributed by atoms with Crippen molar-refractivity contribution in [3.63, 3.8) is 0 Å². The molecule has 0 rings (SSSR count). The van der Waals surface area contributed by atoms with Crippen LogP contribution in [0.25, 0.3) is 0 Å². The van der Waals surface area contributed by atoms with E-state index in [0.29, 0.717) is 25.9 Å². The minimum Gasteiger partial charge on any atom is -0.466 e. The van der Waals surface area contributed by atoms with Gasteiger partial charge in [-0.15, -0.1) is 0 Å². The van der Waals surface area contributed by atoms with Gasteiger partial charge in [0.25, 0.3) is 0 Å². The third-order valence-electron chi connectivity index (χ3n) is 20.0. The lowest BCUT2D eigenvalue weighted by Crippen LogP contribution is -2.45. The second kappa shape index (κ2) is 80.8. The van der Waals surface area contributed by atoms with E-state index >= 15 is 0 Å². The molecule has 0 aromatic heterocycles. The lowest BCUT2D eigenvalue weighted by molar-refractivity contribution is -0.143. The summed E-state index contributed by atoms with van der Waals surface area (Å²) < 4.78 is 5.49. The van der Waals surface area contributed by atoms with E-state index < -0.39 is 12.1 Å². The fourth-order valence-electron chi connectivity index (χ4n) is 13.6. The van der Waals surface area contributed by atoms with Crippen LogP contribution in [0.1, 0.15) is 483 Å². The first-order chi connectivity index (χ1) is 45.0. The summed E-state index contributed by atoms with van der Waals surface area (Å²) in [4.78, 5) is 24.6. The number of aliphatic hydroxyl groups excluding tert-OH is 2. The smallest absolute Gasteiger partial charge is 0.305 e. The Bertz CT molecular complexity index is 1430. The van der Waals surface area contributed by atoms with Gasteiger partial charge in [0.1, 0.15) is 0 Å². The zero-order valence-corrected chi connectivity index (χ0v) is 62.1. The first kappa shape index (κ1) is 89.3. The number of rotatable bonds is 80. The number of carbonyl (C=O) groups excluding carboxylic acids is 2. The number of amides is 1. The zero-order valence-electron chi connectivity index (χ0n) is 62.1. The molecule has 0 fully saturated rings. The molecule has 0 heterocycles. The maximum absolute atomic E-state index is 12.6. The minimum atomic E-state index is -0.663. The lowest BCUT2D eigenvalue weighted by Gasteiger charge is -2.22. The molecule has 2 unspecified atom stereocenters. The highest BCUT2D eigenvalue weighted by Crippen LogP contribution is 2.21. The van der Waals surface area contributed by atoms with Crippen LogP contribution in [0.4, 0.5) is 0 Å². The van der Waals surface area contributed by atoms with Crippen LogP contribution in [0.15, 0.2) is 24.3 Å². The number of nitrogens with one attached hydrogen (secondary N) is 1. The third-order valence-corrected chi connectivity index (χ3v) is 20.0. The standard InChI is InChI=1S/C85H165NO5/c1-3-5-7-9-11-13-15-17-18-19-20-21-22-38-41-44-47-50-54-57-61-65-69-73-77-83(88)82(81-87)86-84(89)78-74-70-66-62-58-55-51-48-45-42-39-36-34-32-30-28-26-24-23-25-27-29-31-33-35-37-40-43-46-49-52-56-60-64-68-72-76-80-91-85(90)79-75-71-67-63-59-53-16-14-12-10-8-6-4-2/h14,16,23,25,82-83,87-88H,3-13,15,17-22,24,26-81H2,1-2H3,(H,86,89)/b16-14-,25-23-. The van der Waals surface area contributed by atoms with Gasteiger partial charge in [0.15, 0.2) is 0 Å². The summed E-state index contributed by atoms with van der Waals surface area (Å²) in [5, 5.41) is 23.5. The molecule has 2 atom stereocenters. The van der Waals surface area contributed by atoms with Crippen molar-refractivity contribution in [2.24, 2.45) is 0 Å². The third kappa shape index (κ3) is 77.2. The number of aliphatic hydroxyl groups is 2. The summed E-state index contributed by atoms with van der Waals surface area (Å²) in [5.41, 5.74) is 0. The maximum atomic E-state index is 12.6. The van der Waals surface area contributed by atoms with Crippen molar-refractivity contribution >= 4 is 11.9 Å². The van der Waals surface area contributed by atoms with Crippen LogP contribution in [0.3, 0.4) is 0 Å². The predicted octanol–water partition coefficient (Wildman–Crippen LogP) is 28.0. The van der Waals surface area contributed by atoms with Crippen LogP contribution in [0.5, 0.6) is 0 Å². The molecule has 0 aliphatic heterocycles. The van der Waals surface area contributed by atoms with E-state index in [9.17, 15) is 19.8 Å². The summed E-state index contributed by atoms with van der Waals surface area (Å²) in [5.74, 6) is -0.0117. The van der Waals surface area contributed by atoms with E-state index in [2.05, 4.69) is 43.5 Å². The Balaban J connectivity index is 3.34. The maximum Gasteiger partial charge on any atom is 0.305 e. The fraction of sp³-hybridized carbons (Fsp3) is 0.929. The summed E-state index contributed by atoms with van der Waals surface area (Å²) in [7, 11) is 0. The van der Waals surface area contributed by atoms with Gasteiger partial charge in [0, 0.05) is 12.8 Å². The Kier molecular flexibility index (Phi) is 79.3. The molecule has 0 aliphatic rings. The topological polar surface area (TPSA) is 95.9 Å². The Morgan fingerprint density at radius 3 is 0.791 bits per heavy atom. The van der Waals surface area contributed by atoms with E-state index in [-0.39, 0.29) is 18.5 Å². The van der Waals surface area contributed by atoms with Crippen molar-refractivity contribution in [1.29, 1.82) is 0 Å². The number of unbranched alkanes of at least 4 members (excludes halogenated alkanes) is 65. The molecule has 6 nitrogen and oxygen atoms in total. The van der Waals surface area contributed by atoms with E-state index in [1.807, 2.05) is 0 Å². The van der Waals surface area contributed by atoms with Gasteiger partial charge < -0.3 is 20.3 Å². The molecule has 0 aromatic rings. The number of esters is 1. The average Bonchev–Trinajstić information content (AvgIpc) is 3.68. The van der Waals surface area contributed by atoms with Gasteiger partial charge in [0.2, 0.25) is 5.91 Å². The van der Waals surface area contributed by atoms with Crippen LogP contribution in [0, 0.1) is 0 Å².